The van der Waals surface area contributed by atoms with E-state index >= 15 is 0 Å². The lowest BCUT2D eigenvalue weighted by atomic mass is 10.1. The maximum absolute atomic E-state index is 12.8. The smallest absolute Gasteiger partial charge is 0.323 e. The molecule has 1 atom stereocenters. The second-order valence-corrected chi connectivity index (χ2v) is 10.8. The molecule has 0 spiro atoms. The predicted octanol–water partition coefficient (Wildman–Crippen LogP) is 2.29. The van der Waals surface area contributed by atoms with Crippen LogP contribution in [0.2, 0.25) is 0 Å². The molecule has 0 aliphatic carbocycles. The van der Waals surface area contributed by atoms with Gasteiger partial charge >= 0.3 is 6.03 Å². The van der Waals surface area contributed by atoms with Crippen molar-refractivity contribution in [3.8, 4) is 11.4 Å². The van der Waals surface area contributed by atoms with Gasteiger partial charge in [0.25, 0.3) is 5.91 Å². The van der Waals surface area contributed by atoms with Crippen LogP contribution in [0.15, 0.2) is 48.5 Å². The molecule has 3 aliphatic rings. The van der Waals surface area contributed by atoms with Gasteiger partial charge < -0.3 is 40.1 Å². The zero-order chi connectivity index (χ0) is 29.6. The Balaban J connectivity index is 1.10. The molecule has 13 nitrogen and oxygen atoms in total. The minimum Gasteiger partial charge on any atom is -0.378 e. The van der Waals surface area contributed by atoms with Crippen molar-refractivity contribution in [1.82, 2.24) is 25.2 Å². The lowest BCUT2D eigenvalue weighted by molar-refractivity contribution is 0.0709. The number of nitrogens with one attached hydrogen (secondary N) is 3. The average Bonchev–Trinajstić information content (AvgIpc) is 3.06. The number of piperazine rings is 1. The van der Waals surface area contributed by atoms with Gasteiger partial charge in [-0.1, -0.05) is 0 Å². The Morgan fingerprint density at radius 1 is 0.767 bits per heavy atom. The van der Waals surface area contributed by atoms with Crippen LogP contribution in [0.5, 0.6) is 0 Å². The highest BCUT2D eigenvalue weighted by atomic mass is 16.5. The molecule has 13 heteroatoms. The van der Waals surface area contributed by atoms with Crippen LogP contribution < -0.4 is 25.8 Å². The third kappa shape index (κ3) is 7.19. The van der Waals surface area contributed by atoms with Crippen molar-refractivity contribution in [2.45, 2.75) is 13.0 Å². The van der Waals surface area contributed by atoms with Crippen molar-refractivity contribution in [1.29, 1.82) is 0 Å². The molecule has 0 saturated carbocycles. The van der Waals surface area contributed by atoms with Crippen molar-refractivity contribution >= 4 is 35.2 Å². The number of morpholine rings is 2. The van der Waals surface area contributed by atoms with Crippen molar-refractivity contribution in [3.63, 3.8) is 0 Å². The van der Waals surface area contributed by atoms with Gasteiger partial charge in [-0.15, -0.1) is 0 Å². The Hall–Kier alpha value is -4.33. The molecule has 0 radical (unpaired) electrons. The van der Waals surface area contributed by atoms with E-state index in [4.69, 9.17) is 24.4 Å². The number of benzene rings is 2. The summed E-state index contributed by atoms with van der Waals surface area (Å²) in [6, 6.07) is 14.2. The minimum absolute atomic E-state index is 0.00301. The van der Waals surface area contributed by atoms with E-state index in [1.807, 2.05) is 29.2 Å². The molecule has 0 bridgehead atoms. The number of hydrogen-bond donors (Lipinski definition) is 3. The molecule has 3 amide bonds. The van der Waals surface area contributed by atoms with Gasteiger partial charge in [-0.3, -0.25) is 4.79 Å². The number of carbonyl (C=O) groups excluding carboxylic acids is 2. The first-order valence-corrected chi connectivity index (χ1v) is 14.7. The molecule has 2 aromatic carbocycles. The Bertz CT molecular complexity index is 1370. The van der Waals surface area contributed by atoms with E-state index in [0.717, 1.165) is 38.3 Å². The topological polar surface area (TPSA) is 137 Å². The number of hydrogen-bond acceptors (Lipinski definition) is 10. The van der Waals surface area contributed by atoms with E-state index < -0.39 is 0 Å². The highest BCUT2D eigenvalue weighted by Crippen LogP contribution is 2.24. The number of rotatable bonds is 6. The lowest BCUT2D eigenvalue weighted by Gasteiger charge is -2.32. The molecular formula is C30H37N9O4. The number of amides is 3. The summed E-state index contributed by atoms with van der Waals surface area (Å²) in [5.74, 6) is 1.83. The Kier molecular flexibility index (Phi) is 8.91. The Morgan fingerprint density at radius 3 is 1.84 bits per heavy atom. The van der Waals surface area contributed by atoms with Crippen LogP contribution in [0.4, 0.5) is 28.1 Å². The van der Waals surface area contributed by atoms with E-state index in [0.29, 0.717) is 74.2 Å². The van der Waals surface area contributed by atoms with Crippen LogP contribution in [0.25, 0.3) is 11.4 Å². The fourth-order valence-corrected chi connectivity index (χ4v) is 5.28. The van der Waals surface area contributed by atoms with Crippen LogP contribution in [0.1, 0.15) is 17.3 Å². The zero-order valence-corrected chi connectivity index (χ0v) is 24.3. The van der Waals surface area contributed by atoms with Gasteiger partial charge in [0.15, 0.2) is 5.82 Å². The molecule has 0 unspecified atom stereocenters. The lowest BCUT2D eigenvalue weighted by Crippen LogP contribution is -2.51. The summed E-state index contributed by atoms with van der Waals surface area (Å²) in [6.07, 6.45) is 0. The summed E-state index contributed by atoms with van der Waals surface area (Å²) in [7, 11) is 0. The van der Waals surface area contributed by atoms with Crippen molar-refractivity contribution in [2.24, 2.45) is 0 Å². The molecule has 43 heavy (non-hydrogen) atoms. The van der Waals surface area contributed by atoms with E-state index in [9.17, 15) is 9.59 Å². The van der Waals surface area contributed by atoms with Gasteiger partial charge in [0.1, 0.15) is 0 Å². The van der Waals surface area contributed by atoms with Gasteiger partial charge in [0.05, 0.1) is 26.4 Å². The highest BCUT2D eigenvalue weighted by Gasteiger charge is 2.23. The van der Waals surface area contributed by atoms with Crippen LogP contribution in [0.3, 0.4) is 0 Å². The molecule has 226 valence electrons. The summed E-state index contributed by atoms with van der Waals surface area (Å²) >= 11 is 0. The summed E-state index contributed by atoms with van der Waals surface area (Å²) < 4.78 is 11.0. The first-order chi connectivity index (χ1) is 21.0. The van der Waals surface area contributed by atoms with E-state index in [-0.39, 0.29) is 18.0 Å². The van der Waals surface area contributed by atoms with Crippen LogP contribution in [-0.4, -0.2) is 110 Å². The fraction of sp³-hybridized carbons (Fsp3) is 0.433. The number of nitrogens with zero attached hydrogens (tertiary/aromatic N) is 6. The number of carbonyl (C=O) groups is 2. The quantitative estimate of drug-likeness (QED) is 0.394. The standard InChI is InChI=1S/C30H37N9O4/c1-21-20-39(11-10-31-21)27(40)23-4-8-25(9-5-23)33-30(41)32-24-6-2-22(3-7-24)26-34-28(37-12-16-42-17-13-37)36-29(35-26)38-14-18-43-19-15-38/h2-9,21,31H,10-20H2,1H3,(H2,32,33,41)/t21-/m1/s1. The largest absolute Gasteiger partial charge is 0.378 e. The Labute approximate surface area is 250 Å². The normalized spacial score (nSPS) is 19.2. The van der Waals surface area contributed by atoms with Gasteiger partial charge in [-0.2, -0.15) is 15.0 Å². The first-order valence-electron chi connectivity index (χ1n) is 14.7. The second kappa shape index (κ2) is 13.3. The zero-order valence-electron chi connectivity index (χ0n) is 24.3. The molecular weight excluding hydrogens is 550 g/mol. The van der Waals surface area contributed by atoms with Gasteiger partial charge in [-0.25, -0.2) is 4.79 Å². The van der Waals surface area contributed by atoms with E-state index in [2.05, 4.69) is 32.7 Å². The SMILES string of the molecule is C[C@@H]1CN(C(=O)c2ccc(NC(=O)Nc3ccc(-c4nc(N5CCOCC5)nc(N5CCOCC5)n4)cc3)cc2)CCN1. The van der Waals surface area contributed by atoms with Crippen LogP contribution >= 0.6 is 0 Å². The van der Waals surface area contributed by atoms with Crippen molar-refractivity contribution in [3.05, 3.63) is 54.1 Å². The number of anilines is 4. The van der Waals surface area contributed by atoms with E-state index in [1.54, 1.807) is 24.3 Å². The van der Waals surface area contributed by atoms with Gasteiger partial charge in [-0.05, 0) is 55.5 Å². The average molecular weight is 588 g/mol. The van der Waals surface area contributed by atoms with Crippen LogP contribution in [0, 0.1) is 0 Å². The summed E-state index contributed by atoms with van der Waals surface area (Å²) in [6.45, 7) is 9.63. The third-order valence-electron chi connectivity index (χ3n) is 7.65. The first kappa shape index (κ1) is 28.8. The Morgan fingerprint density at radius 2 is 1.30 bits per heavy atom. The number of urea groups is 1. The molecule has 3 aromatic rings. The number of ether oxygens (including phenoxy) is 2. The summed E-state index contributed by atoms with van der Waals surface area (Å²) in [5, 5.41) is 9.03. The maximum atomic E-state index is 12.8. The molecule has 6 rings (SSSR count). The third-order valence-corrected chi connectivity index (χ3v) is 7.65. The molecule has 3 saturated heterocycles. The predicted molar refractivity (Wildman–Crippen MR) is 164 cm³/mol. The highest BCUT2D eigenvalue weighted by molar-refractivity contribution is 6.00. The minimum atomic E-state index is -0.382. The van der Waals surface area contributed by atoms with Crippen LogP contribution in [-0.2, 0) is 9.47 Å². The van der Waals surface area contributed by atoms with Gasteiger partial charge in [0.2, 0.25) is 11.9 Å². The van der Waals surface area contributed by atoms with Crippen molar-refractivity contribution in [2.75, 3.05) is 92.7 Å². The van der Waals surface area contributed by atoms with Crippen molar-refractivity contribution < 1.29 is 19.1 Å². The summed E-state index contributed by atoms with van der Waals surface area (Å²) in [4.78, 5) is 46.0. The monoisotopic (exact) mass is 587 g/mol. The second-order valence-electron chi connectivity index (χ2n) is 10.8. The summed E-state index contributed by atoms with van der Waals surface area (Å²) in [5.41, 5.74) is 2.63. The molecule has 1 aromatic heterocycles. The maximum Gasteiger partial charge on any atom is 0.323 e. The molecule has 3 N–H and O–H groups in total. The number of aromatic nitrogens is 3. The fourth-order valence-electron chi connectivity index (χ4n) is 5.28. The molecule has 4 heterocycles. The van der Waals surface area contributed by atoms with E-state index in [1.165, 1.54) is 0 Å². The molecule has 3 fully saturated rings. The molecule has 3 aliphatic heterocycles. The van der Waals surface area contributed by atoms with Gasteiger partial charge in [0, 0.05) is 74.4 Å².